The van der Waals surface area contributed by atoms with Gasteiger partial charge in [0.1, 0.15) is 11.5 Å². The lowest BCUT2D eigenvalue weighted by Gasteiger charge is -2.22. The summed E-state index contributed by atoms with van der Waals surface area (Å²) in [6.45, 7) is 5.76. The van der Waals surface area contributed by atoms with Crippen LogP contribution in [0.4, 0.5) is 5.13 Å². The molecule has 1 aliphatic rings. The van der Waals surface area contributed by atoms with Crippen molar-refractivity contribution >= 4 is 45.7 Å². The Kier molecular flexibility index (Phi) is 7.05. The number of phenolic OH excluding ortho intramolecular Hbond substituents is 1. The van der Waals surface area contributed by atoms with Crippen LogP contribution in [0.2, 0.25) is 0 Å². The fourth-order valence-electron chi connectivity index (χ4n) is 4.33. The van der Waals surface area contributed by atoms with Gasteiger partial charge in [0, 0.05) is 11.3 Å². The zero-order valence-corrected chi connectivity index (χ0v) is 22.6. The number of carbonyl (C=O) groups is 2. The zero-order valence-electron chi connectivity index (χ0n) is 21.0. The fourth-order valence-corrected chi connectivity index (χ4v) is 6.15. The Morgan fingerprint density at radius 3 is 2.34 bits per heavy atom. The number of aliphatic hydroxyl groups excluding tert-OH is 1. The molecule has 7 nitrogen and oxygen atoms in total. The van der Waals surface area contributed by atoms with Gasteiger partial charge >= 0.3 is 5.91 Å². The van der Waals surface area contributed by atoms with Crippen molar-refractivity contribution in [3.8, 4) is 5.75 Å². The average Bonchev–Trinajstić information content (AvgIpc) is 3.47. The van der Waals surface area contributed by atoms with Crippen molar-refractivity contribution in [1.82, 2.24) is 10.2 Å². The number of phenols is 1. The second-order valence-corrected chi connectivity index (χ2v) is 11.4. The molecule has 1 saturated heterocycles. The molecule has 4 aromatic rings. The number of amides is 1. The maximum atomic E-state index is 13.4. The first kappa shape index (κ1) is 25.7. The van der Waals surface area contributed by atoms with E-state index in [2.05, 4.69) is 34.5 Å². The first-order valence-electron chi connectivity index (χ1n) is 11.9. The van der Waals surface area contributed by atoms with E-state index in [9.17, 15) is 19.8 Å². The molecule has 0 radical (unpaired) electrons. The van der Waals surface area contributed by atoms with Crippen molar-refractivity contribution in [1.29, 1.82) is 0 Å². The van der Waals surface area contributed by atoms with E-state index in [-0.39, 0.29) is 22.2 Å². The zero-order chi connectivity index (χ0) is 27.0. The summed E-state index contributed by atoms with van der Waals surface area (Å²) >= 11 is 2.71. The Balaban J connectivity index is 1.55. The van der Waals surface area contributed by atoms with Gasteiger partial charge in [-0.1, -0.05) is 82.8 Å². The van der Waals surface area contributed by atoms with E-state index in [0.29, 0.717) is 21.2 Å². The Morgan fingerprint density at radius 2 is 1.63 bits per heavy atom. The van der Waals surface area contributed by atoms with E-state index in [1.54, 1.807) is 18.2 Å². The monoisotopic (exact) mass is 543 g/mol. The molecule has 2 heterocycles. The van der Waals surface area contributed by atoms with Gasteiger partial charge in [-0.3, -0.25) is 14.5 Å². The number of hydrogen-bond acceptors (Lipinski definition) is 8. The van der Waals surface area contributed by atoms with Crippen molar-refractivity contribution in [2.45, 2.75) is 36.9 Å². The molecule has 1 amide bonds. The SMILES string of the molecule is Cc1ccc(CSc2nnc(N3C(=O)C(=O)C(=C(O)c4cc(C)ccc4C)C3c3ccc(O)cc3)s2)cc1. The number of rotatable bonds is 6. The van der Waals surface area contributed by atoms with Crippen LogP contribution >= 0.6 is 23.1 Å². The number of carbonyl (C=O) groups excluding carboxylic acids is 2. The maximum absolute atomic E-state index is 13.4. The number of aromatic hydroxyl groups is 1. The van der Waals surface area contributed by atoms with Gasteiger partial charge in [0.25, 0.3) is 5.78 Å². The van der Waals surface area contributed by atoms with E-state index in [4.69, 9.17) is 0 Å². The Morgan fingerprint density at radius 1 is 0.947 bits per heavy atom. The molecule has 1 atom stereocenters. The molecule has 0 saturated carbocycles. The number of anilines is 1. The maximum Gasteiger partial charge on any atom is 0.301 e. The number of aromatic nitrogens is 2. The molecule has 1 fully saturated rings. The second-order valence-electron chi connectivity index (χ2n) is 9.20. The third-order valence-electron chi connectivity index (χ3n) is 6.39. The second kappa shape index (κ2) is 10.4. The van der Waals surface area contributed by atoms with Crippen molar-refractivity contribution in [3.05, 3.63) is 106 Å². The van der Waals surface area contributed by atoms with E-state index in [1.807, 2.05) is 32.9 Å². The Labute approximate surface area is 228 Å². The fraction of sp³-hybridized carbons (Fsp3) is 0.172. The van der Waals surface area contributed by atoms with Crippen molar-refractivity contribution in [3.63, 3.8) is 0 Å². The molecule has 38 heavy (non-hydrogen) atoms. The number of benzene rings is 3. The molecular weight excluding hydrogens is 518 g/mol. The molecule has 2 N–H and O–H groups in total. The predicted octanol–water partition coefficient (Wildman–Crippen LogP) is 6.09. The number of aryl methyl sites for hydroxylation is 3. The van der Waals surface area contributed by atoms with E-state index >= 15 is 0 Å². The van der Waals surface area contributed by atoms with E-state index in [1.165, 1.54) is 45.7 Å². The van der Waals surface area contributed by atoms with Crippen molar-refractivity contribution < 1.29 is 19.8 Å². The summed E-state index contributed by atoms with van der Waals surface area (Å²) in [5.41, 5.74) is 5.01. The molecule has 1 aromatic heterocycles. The van der Waals surface area contributed by atoms with Crippen LogP contribution in [0.3, 0.4) is 0 Å². The van der Waals surface area contributed by atoms with Gasteiger partial charge in [0.05, 0.1) is 11.6 Å². The molecule has 0 bridgehead atoms. The van der Waals surface area contributed by atoms with Crippen molar-refractivity contribution in [2.24, 2.45) is 0 Å². The number of Topliss-reactive ketones (excluding diaryl/α,β-unsaturated/α-hetero) is 1. The van der Waals surface area contributed by atoms with Gasteiger partial charge in [-0.25, -0.2) is 0 Å². The van der Waals surface area contributed by atoms with Gasteiger partial charge < -0.3 is 10.2 Å². The van der Waals surface area contributed by atoms with Gasteiger partial charge in [-0.2, -0.15) is 0 Å². The van der Waals surface area contributed by atoms with Crippen LogP contribution in [0.15, 0.2) is 76.6 Å². The Bertz CT molecular complexity index is 1560. The lowest BCUT2D eigenvalue weighted by Crippen LogP contribution is -2.29. The normalized spacial score (nSPS) is 16.8. The van der Waals surface area contributed by atoms with Crippen LogP contribution in [-0.2, 0) is 15.3 Å². The molecule has 9 heteroatoms. The quantitative estimate of drug-likeness (QED) is 0.0997. The average molecular weight is 544 g/mol. The summed E-state index contributed by atoms with van der Waals surface area (Å²) in [6.07, 6.45) is 0. The standard InChI is InChI=1S/C29H25N3O4S2/c1-16-5-8-19(9-6-16)15-37-29-31-30-28(38-29)32-24(20-10-12-21(33)13-11-20)23(26(35)27(32)36)25(34)22-14-17(2)4-7-18(22)3/h4-14,24,33-34H,15H2,1-3H3. The number of nitrogens with zero attached hydrogens (tertiary/aromatic N) is 3. The van der Waals surface area contributed by atoms with Gasteiger partial charge in [0.15, 0.2) is 4.34 Å². The summed E-state index contributed by atoms with van der Waals surface area (Å²) in [7, 11) is 0. The molecule has 1 unspecified atom stereocenters. The highest BCUT2D eigenvalue weighted by molar-refractivity contribution is 8.00. The van der Waals surface area contributed by atoms with Gasteiger partial charge in [-0.15, -0.1) is 10.2 Å². The lowest BCUT2D eigenvalue weighted by molar-refractivity contribution is -0.132. The molecular formula is C29H25N3O4S2. The van der Waals surface area contributed by atoms with Crippen LogP contribution in [0.5, 0.6) is 5.75 Å². The third kappa shape index (κ3) is 4.94. The van der Waals surface area contributed by atoms with Gasteiger partial charge in [-0.05, 0) is 55.7 Å². The molecule has 0 aliphatic carbocycles. The predicted molar refractivity (Wildman–Crippen MR) is 149 cm³/mol. The van der Waals surface area contributed by atoms with E-state index < -0.39 is 17.7 Å². The largest absolute Gasteiger partial charge is 0.508 e. The van der Waals surface area contributed by atoms with E-state index in [0.717, 1.165) is 16.7 Å². The van der Waals surface area contributed by atoms with Crippen LogP contribution in [0.25, 0.3) is 5.76 Å². The molecule has 0 spiro atoms. The van der Waals surface area contributed by atoms with Crippen molar-refractivity contribution in [2.75, 3.05) is 4.90 Å². The summed E-state index contributed by atoms with van der Waals surface area (Å²) < 4.78 is 0.654. The first-order valence-corrected chi connectivity index (χ1v) is 13.7. The minimum atomic E-state index is -0.932. The van der Waals surface area contributed by atoms with Crippen LogP contribution in [0, 0.1) is 20.8 Å². The number of aliphatic hydroxyl groups is 1. The summed E-state index contributed by atoms with van der Waals surface area (Å²) in [6, 6.07) is 19.1. The third-order valence-corrected chi connectivity index (χ3v) is 8.51. The molecule has 3 aromatic carbocycles. The van der Waals surface area contributed by atoms with Crippen LogP contribution < -0.4 is 4.90 Å². The number of ketones is 1. The minimum absolute atomic E-state index is 0.0292. The Hall–Kier alpha value is -3.95. The molecule has 5 rings (SSSR count). The number of thioether (sulfide) groups is 1. The molecule has 192 valence electrons. The highest BCUT2D eigenvalue weighted by Gasteiger charge is 2.48. The topological polar surface area (TPSA) is 104 Å². The highest BCUT2D eigenvalue weighted by Crippen LogP contribution is 2.44. The summed E-state index contributed by atoms with van der Waals surface area (Å²) in [5.74, 6) is -1.11. The highest BCUT2D eigenvalue weighted by atomic mass is 32.2. The van der Waals surface area contributed by atoms with Crippen LogP contribution in [-0.4, -0.2) is 32.1 Å². The lowest BCUT2D eigenvalue weighted by atomic mass is 9.93. The summed E-state index contributed by atoms with van der Waals surface area (Å²) in [4.78, 5) is 28.1. The summed E-state index contributed by atoms with van der Waals surface area (Å²) in [5, 5.41) is 30.0. The molecule has 1 aliphatic heterocycles. The smallest absolute Gasteiger partial charge is 0.301 e. The van der Waals surface area contributed by atoms with Gasteiger partial charge in [0.2, 0.25) is 5.13 Å². The van der Waals surface area contributed by atoms with Crippen LogP contribution in [0.1, 0.15) is 39.4 Å². The number of hydrogen-bond donors (Lipinski definition) is 2. The minimum Gasteiger partial charge on any atom is -0.508 e. The first-order chi connectivity index (χ1) is 18.2.